The molecule has 1 saturated heterocycles. The third-order valence-corrected chi connectivity index (χ3v) is 3.86. The molecular formula is C12H14O5. The Hall–Kier alpha value is -1.52. The molecule has 0 bridgehead atoms. The number of ether oxygens (including phenoxy) is 3. The summed E-state index contributed by atoms with van der Waals surface area (Å²) in [5.74, 6) is -0.303. The fourth-order valence-electron chi connectivity index (χ4n) is 3.21. The maximum atomic E-state index is 11.6. The van der Waals surface area contributed by atoms with Crippen LogP contribution < -0.4 is 0 Å². The van der Waals surface area contributed by atoms with Crippen LogP contribution in [0, 0.1) is 17.8 Å². The first kappa shape index (κ1) is 10.6. The van der Waals surface area contributed by atoms with E-state index in [-0.39, 0.29) is 29.9 Å². The molecule has 0 aromatic rings. The summed E-state index contributed by atoms with van der Waals surface area (Å²) < 4.78 is 15.8. The molecule has 1 aliphatic carbocycles. The molecule has 0 spiro atoms. The van der Waals surface area contributed by atoms with E-state index in [1.165, 1.54) is 13.2 Å². The molecule has 5 heteroatoms. The van der Waals surface area contributed by atoms with E-state index in [2.05, 4.69) is 6.92 Å². The molecule has 17 heavy (non-hydrogen) atoms. The molecule has 5 nitrogen and oxygen atoms in total. The topological polar surface area (TPSA) is 61.8 Å². The first-order chi connectivity index (χ1) is 8.08. The van der Waals surface area contributed by atoms with Gasteiger partial charge < -0.3 is 14.2 Å². The minimum absolute atomic E-state index is 0.0235. The zero-order valence-electron chi connectivity index (χ0n) is 9.71. The molecule has 1 saturated carbocycles. The number of rotatable bonds is 1. The van der Waals surface area contributed by atoms with E-state index in [0.29, 0.717) is 11.5 Å². The highest BCUT2D eigenvalue weighted by Gasteiger charge is 2.57. The van der Waals surface area contributed by atoms with Crippen LogP contribution in [0.1, 0.15) is 20.3 Å². The molecule has 3 aliphatic rings. The van der Waals surface area contributed by atoms with Crippen LogP contribution >= 0.6 is 0 Å². The minimum atomic E-state index is -0.587. The van der Waals surface area contributed by atoms with E-state index in [1.54, 1.807) is 0 Å². The van der Waals surface area contributed by atoms with E-state index in [9.17, 15) is 9.59 Å². The van der Waals surface area contributed by atoms with Crippen molar-refractivity contribution in [3.05, 3.63) is 11.8 Å². The lowest BCUT2D eigenvalue weighted by Crippen LogP contribution is -2.37. The molecule has 0 aromatic carbocycles. The zero-order chi connectivity index (χ0) is 12.2. The van der Waals surface area contributed by atoms with Crippen LogP contribution in [0.15, 0.2) is 11.8 Å². The minimum Gasteiger partial charge on any atom is -0.461 e. The van der Waals surface area contributed by atoms with Crippen molar-refractivity contribution in [2.45, 2.75) is 32.7 Å². The second-order valence-corrected chi connectivity index (χ2v) is 4.95. The lowest BCUT2D eigenvalue weighted by Gasteiger charge is -2.32. The van der Waals surface area contributed by atoms with Gasteiger partial charge in [0, 0.05) is 18.8 Å². The highest BCUT2D eigenvalue weighted by atomic mass is 16.7. The third kappa shape index (κ3) is 1.45. The average Bonchev–Trinajstić information content (AvgIpc) is 2.70. The van der Waals surface area contributed by atoms with E-state index < -0.39 is 6.29 Å². The monoisotopic (exact) mass is 238 g/mol. The van der Waals surface area contributed by atoms with Gasteiger partial charge in [0.05, 0.1) is 11.8 Å². The van der Waals surface area contributed by atoms with E-state index in [4.69, 9.17) is 14.2 Å². The fourth-order valence-corrected chi connectivity index (χ4v) is 3.21. The van der Waals surface area contributed by atoms with Crippen molar-refractivity contribution in [2.24, 2.45) is 17.8 Å². The Morgan fingerprint density at radius 3 is 3.00 bits per heavy atom. The summed E-state index contributed by atoms with van der Waals surface area (Å²) >= 11 is 0. The van der Waals surface area contributed by atoms with Crippen molar-refractivity contribution in [1.82, 2.24) is 0 Å². The number of esters is 2. The van der Waals surface area contributed by atoms with Gasteiger partial charge in [-0.2, -0.15) is 0 Å². The van der Waals surface area contributed by atoms with Crippen LogP contribution in [0.3, 0.4) is 0 Å². The van der Waals surface area contributed by atoms with Gasteiger partial charge in [-0.15, -0.1) is 0 Å². The summed E-state index contributed by atoms with van der Waals surface area (Å²) in [7, 11) is 0. The van der Waals surface area contributed by atoms with Crippen molar-refractivity contribution in [2.75, 3.05) is 0 Å². The zero-order valence-corrected chi connectivity index (χ0v) is 9.71. The fraction of sp³-hybridized carbons (Fsp3) is 0.667. The highest BCUT2D eigenvalue weighted by Crippen LogP contribution is 2.51. The second kappa shape index (κ2) is 3.48. The maximum Gasteiger partial charge on any atom is 0.337 e. The molecule has 0 N–H and O–H groups in total. The van der Waals surface area contributed by atoms with Crippen molar-refractivity contribution < 1.29 is 23.8 Å². The number of carbonyl (C=O) groups excluding carboxylic acids is 2. The van der Waals surface area contributed by atoms with Crippen molar-refractivity contribution in [1.29, 1.82) is 0 Å². The molecule has 0 unspecified atom stereocenters. The number of hydrogen-bond donors (Lipinski definition) is 0. The second-order valence-electron chi connectivity index (χ2n) is 4.95. The Labute approximate surface area is 98.7 Å². The first-order valence-electron chi connectivity index (χ1n) is 5.81. The molecular weight excluding hydrogens is 224 g/mol. The Bertz CT molecular complexity index is 413. The lowest BCUT2D eigenvalue weighted by molar-refractivity contribution is -0.184. The van der Waals surface area contributed by atoms with Gasteiger partial charge >= 0.3 is 11.9 Å². The number of carbonyl (C=O) groups is 2. The van der Waals surface area contributed by atoms with Gasteiger partial charge in [-0.1, -0.05) is 6.92 Å². The van der Waals surface area contributed by atoms with Crippen molar-refractivity contribution in [3.8, 4) is 0 Å². The van der Waals surface area contributed by atoms with Gasteiger partial charge in [-0.3, -0.25) is 4.79 Å². The molecule has 0 aromatic heterocycles. The molecule has 5 atom stereocenters. The Morgan fingerprint density at radius 1 is 1.53 bits per heavy atom. The largest absolute Gasteiger partial charge is 0.461 e. The van der Waals surface area contributed by atoms with Crippen LogP contribution in [-0.4, -0.2) is 24.3 Å². The average molecular weight is 238 g/mol. The smallest absolute Gasteiger partial charge is 0.337 e. The summed E-state index contributed by atoms with van der Waals surface area (Å²) in [5.41, 5.74) is 0.591. The molecule has 2 fully saturated rings. The standard InChI is InChI=1S/C12H14O5/c1-5-3-8-10-7(11(14)17-8)4-15-12(9(5)10)16-6(2)13/h4-5,8-10,12H,3H2,1-2H3/t5-,8-,9+,10-,12-/m0/s1. The summed E-state index contributed by atoms with van der Waals surface area (Å²) in [6, 6.07) is 0. The van der Waals surface area contributed by atoms with Gasteiger partial charge in [0.1, 0.15) is 6.10 Å². The Kier molecular flexibility index (Phi) is 2.18. The van der Waals surface area contributed by atoms with Crippen molar-refractivity contribution in [3.63, 3.8) is 0 Å². The van der Waals surface area contributed by atoms with E-state index >= 15 is 0 Å². The molecule has 2 heterocycles. The van der Waals surface area contributed by atoms with Crippen LogP contribution in [0.25, 0.3) is 0 Å². The Morgan fingerprint density at radius 2 is 2.29 bits per heavy atom. The van der Waals surface area contributed by atoms with E-state index in [1.807, 2.05) is 0 Å². The van der Waals surface area contributed by atoms with Gasteiger partial charge in [-0.05, 0) is 12.3 Å². The SMILES string of the molecule is CC(=O)O[C@@H]1OC=C2C(=O)O[C@H]3C[C@H](C)[C@@H]1[C@@H]23. The van der Waals surface area contributed by atoms with Crippen LogP contribution in [0.2, 0.25) is 0 Å². The molecule has 0 radical (unpaired) electrons. The summed E-state index contributed by atoms with van der Waals surface area (Å²) in [6.45, 7) is 3.43. The van der Waals surface area contributed by atoms with E-state index in [0.717, 1.165) is 6.42 Å². The van der Waals surface area contributed by atoms with Gasteiger partial charge in [0.15, 0.2) is 0 Å². The predicted octanol–water partition coefficient (Wildman–Crippen LogP) is 0.987. The maximum absolute atomic E-state index is 11.6. The highest BCUT2D eigenvalue weighted by molar-refractivity contribution is 5.91. The van der Waals surface area contributed by atoms with Gasteiger partial charge in [-0.25, -0.2) is 4.79 Å². The molecule has 0 amide bonds. The first-order valence-corrected chi connectivity index (χ1v) is 5.81. The quantitative estimate of drug-likeness (QED) is 0.637. The molecule has 2 aliphatic heterocycles. The summed E-state index contributed by atoms with van der Waals surface area (Å²) in [6.07, 6.45) is 1.54. The van der Waals surface area contributed by atoms with Crippen LogP contribution in [0.5, 0.6) is 0 Å². The Balaban J connectivity index is 1.92. The number of hydrogen-bond acceptors (Lipinski definition) is 5. The lowest BCUT2D eigenvalue weighted by atomic mass is 9.84. The van der Waals surface area contributed by atoms with Crippen molar-refractivity contribution >= 4 is 11.9 Å². The summed E-state index contributed by atoms with van der Waals surface area (Å²) in [4.78, 5) is 22.6. The van der Waals surface area contributed by atoms with Gasteiger partial charge in [0.25, 0.3) is 0 Å². The summed E-state index contributed by atoms with van der Waals surface area (Å²) in [5, 5.41) is 0. The normalized spacial score (nSPS) is 42.4. The predicted molar refractivity (Wildman–Crippen MR) is 55.4 cm³/mol. The molecule has 3 rings (SSSR count). The van der Waals surface area contributed by atoms with Gasteiger partial charge in [0.2, 0.25) is 6.29 Å². The van der Waals surface area contributed by atoms with Crippen LogP contribution in [-0.2, 0) is 23.8 Å². The molecule has 92 valence electrons. The van der Waals surface area contributed by atoms with Crippen LogP contribution in [0.4, 0.5) is 0 Å². The third-order valence-electron chi connectivity index (χ3n) is 3.86.